The summed E-state index contributed by atoms with van der Waals surface area (Å²) in [6.07, 6.45) is 0.346. The van der Waals surface area contributed by atoms with Crippen molar-refractivity contribution in [3.63, 3.8) is 0 Å². The van der Waals surface area contributed by atoms with Crippen LogP contribution >= 0.6 is 11.8 Å². The first kappa shape index (κ1) is 32.2. The molecule has 1 fully saturated rings. The second-order valence-electron chi connectivity index (χ2n) is 11.1. The highest BCUT2D eigenvalue weighted by Crippen LogP contribution is 2.40. The Morgan fingerprint density at radius 3 is 2.24 bits per heavy atom. The zero-order valence-corrected chi connectivity index (χ0v) is 25.4. The number of primary amides is 1. The van der Waals surface area contributed by atoms with Crippen LogP contribution in [0.3, 0.4) is 0 Å². The molecular weight excluding hydrogens is 554 g/mol. The minimum atomic E-state index is -1.16. The van der Waals surface area contributed by atoms with Gasteiger partial charge in [0.1, 0.15) is 34.3 Å². The van der Waals surface area contributed by atoms with E-state index in [4.69, 9.17) is 10.7 Å². The largest absolute Gasteiger partial charge is 0.465 e. The summed E-state index contributed by atoms with van der Waals surface area (Å²) in [6, 6.07) is 12.4. The second-order valence-corrected chi connectivity index (χ2v) is 12.2. The predicted molar refractivity (Wildman–Crippen MR) is 160 cm³/mol. The number of nitriles is 2. The van der Waals surface area contributed by atoms with Crippen LogP contribution in [0, 0.1) is 22.7 Å². The fourth-order valence-electron chi connectivity index (χ4n) is 5.24. The Kier molecular flexibility index (Phi) is 10.4. The zero-order chi connectivity index (χ0) is 31.2. The fraction of sp³-hybridized carbons (Fsp3) is 0.467. The van der Waals surface area contributed by atoms with Crippen molar-refractivity contribution in [3.8, 4) is 12.1 Å². The van der Waals surface area contributed by atoms with E-state index in [9.17, 15) is 30.0 Å². The number of carbonyl (C=O) groups is 3. The highest BCUT2D eigenvalue weighted by Gasteiger charge is 2.36. The van der Waals surface area contributed by atoms with Crippen LogP contribution in [-0.4, -0.2) is 63.6 Å². The molecule has 3 amide bonds. The van der Waals surface area contributed by atoms with Gasteiger partial charge in [0.15, 0.2) is 0 Å². The van der Waals surface area contributed by atoms with Gasteiger partial charge in [-0.05, 0) is 58.1 Å². The summed E-state index contributed by atoms with van der Waals surface area (Å²) in [5.74, 6) is -0.514. The number of nitrogens with one attached hydrogen (secondary N) is 1. The molecular formula is C30H37N7O4S. The van der Waals surface area contributed by atoms with Gasteiger partial charge < -0.3 is 21.1 Å². The van der Waals surface area contributed by atoms with Crippen molar-refractivity contribution in [3.05, 3.63) is 52.6 Å². The molecule has 1 unspecified atom stereocenters. The van der Waals surface area contributed by atoms with Crippen LogP contribution in [0.2, 0.25) is 0 Å². The van der Waals surface area contributed by atoms with Crippen LogP contribution in [0.4, 0.5) is 10.6 Å². The van der Waals surface area contributed by atoms with Gasteiger partial charge in [-0.3, -0.25) is 14.5 Å². The van der Waals surface area contributed by atoms with Crippen LogP contribution < -0.4 is 16.0 Å². The van der Waals surface area contributed by atoms with E-state index in [2.05, 4.69) is 17.5 Å². The maximum Gasteiger partial charge on any atom is 0.408 e. The van der Waals surface area contributed by atoms with Crippen LogP contribution in [0.5, 0.6) is 0 Å². The van der Waals surface area contributed by atoms with Crippen LogP contribution in [0.25, 0.3) is 0 Å². The van der Waals surface area contributed by atoms with Crippen molar-refractivity contribution in [1.82, 2.24) is 15.2 Å². The quantitative estimate of drug-likeness (QED) is 0.364. The zero-order valence-electron chi connectivity index (χ0n) is 24.5. The van der Waals surface area contributed by atoms with Crippen LogP contribution in [0.15, 0.2) is 35.4 Å². The molecule has 0 bridgehead atoms. The number of amides is 3. The molecule has 2 atom stereocenters. The highest BCUT2D eigenvalue weighted by molar-refractivity contribution is 8.00. The van der Waals surface area contributed by atoms with E-state index in [0.717, 1.165) is 16.7 Å². The summed E-state index contributed by atoms with van der Waals surface area (Å²) in [7, 11) is 0. The summed E-state index contributed by atoms with van der Waals surface area (Å²) in [6.45, 7) is 9.60. The van der Waals surface area contributed by atoms with Gasteiger partial charge in [-0.2, -0.15) is 10.5 Å². The highest BCUT2D eigenvalue weighted by atomic mass is 32.2. The lowest BCUT2D eigenvalue weighted by atomic mass is 9.99. The van der Waals surface area contributed by atoms with Gasteiger partial charge in [0.25, 0.3) is 0 Å². The smallest absolute Gasteiger partial charge is 0.408 e. The Hall–Kier alpha value is -4.29. The number of rotatable bonds is 9. The van der Waals surface area contributed by atoms with E-state index in [1.807, 2.05) is 17.9 Å². The third-order valence-corrected chi connectivity index (χ3v) is 8.51. The number of nitrogens with two attached hydrogens (primary N) is 1. The minimum absolute atomic E-state index is 0.187. The number of pyridine rings is 1. The number of hydrogen-bond acceptors (Lipinski definition) is 8. The van der Waals surface area contributed by atoms with E-state index < -0.39 is 28.8 Å². The Morgan fingerprint density at radius 2 is 1.76 bits per heavy atom. The summed E-state index contributed by atoms with van der Waals surface area (Å²) in [4.78, 5) is 45.1. The average molecular weight is 592 g/mol. The second kappa shape index (κ2) is 13.6. The lowest BCUT2D eigenvalue weighted by Gasteiger charge is -2.39. The molecule has 2 aromatic rings. The summed E-state index contributed by atoms with van der Waals surface area (Å²) < 4.78 is 0. The lowest BCUT2D eigenvalue weighted by Crippen LogP contribution is -2.57. The van der Waals surface area contributed by atoms with Crippen molar-refractivity contribution >= 4 is 35.5 Å². The number of benzene rings is 1. The first-order chi connectivity index (χ1) is 19.8. The van der Waals surface area contributed by atoms with Crippen molar-refractivity contribution in [2.75, 3.05) is 18.0 Å². The fourth-order valence-corrected chi connectivity index (χ4v) is 6.29. The lowest BCUT2D eigenvalue weighted by molar-refractivity contribution is -0.127. The molecule has 1 aromatic heterocycles. The number of nitrogens with zero attached hydrogens (tertiary/aromatic N) is 5. The first-order valence-electron chi connectivity index (χ1n) is 13.8. The van der Waals surface area contributed by atoms with E-state index in [0.29, 0.717) is 59.9 Å². The molecule has 0 spiro atoms. The minimum Gasteiger partial charge on any atom is -0.465 e. The summed E-state index contributed by atoms with van der Waals surface area (Å²) >= 11 is 1.09. The van der Waals surface area contributed by atoms with Crippen LogP contribution in [-0.2, 0) is 16.0 Å². The number of aromatic nitrogens is 1. The maximum absolute atomic E-state index is 13.0. The molecule has 11 nitrogen and oxygen atoms in total. The molecule has 0 saturated carbocycles. The van der Waals surface area contributed by atoms with Gasteiger partial charge in [0, 0.05) is 24.7 Å². The third kappa shape index (κ3) is 7.12. The van der Waals surface area contributed by atoms with Crippen molar-refractivity contribution in [2.45, 2.75) is 81.8 Å². The van der Waals surface area contributed by atoms with E-state index in [1.54, 1.807) is 52.0 Å². The molecule has 3 rings (SSSR count). The predicted octanol–water partition coefficient (Wildman–Crippen LogP) is 3.96. The topological polar surface area (TPSA) is 176 Å². The van der Waals surface area contributed by atoms with E-state index >= 15 is 0 Å². The van der Waals surface area contributed by atoms with Gasteiger partial charge in [-0.15, -0.1) is 0 Å². The molecule has 222 valence electrons. The average Bonchev–Trinajstić information content (AvgIpc) is 2.94. The monoisotopic (exact) mass is 591 g/mol. The Bertz CT molecular complexity index is 1400. The molecule has 0 aliphatic carbocycles. The number of carboxylic acid groups (broad SMARTS) is 1. The first-order valence-corrected chi connectivity index (χ1v) is 14.7. The van der Waals surface area contributed by atoms with Gasteiger partial charge in [-0.1, -0.05) is 49.0 Å². The SMILES string of the molecule is CCc1c(C#N)c(S[C@H](C(N)=O)c2ccccc2)nc(N2CCC(NC(=O)C(C)N(C(=O)O)C(C)(C)C)CC2)c1C#N. The van der Waals surface area contributed by atoms with Crippen molar-refractivity contribution < 1.29 is 19.5 Å². The Balaban J connectivity index is 1.86. The van der Waals surface area contributed by atoms with Gasteiger partial charge in [0.2, 0.25) is 11.8 Å². The van der Waals surface area contributed by atoms with Gasteiger partial charge in [-0.25, -0.2) is 9.78 Å². The molecule has 1 aliphatic heterocycles. The number of carbonyl (C=O) groups excluding carboxylic acids is 2. The third-order valence-electron chi connectivity index (χ3n) is 7.25. The maximum atomic E-state index is 13.0. The Morgan fingerprint density at radius 1 is 1.17 bits per heavy atom. The molecule has 0 radical (unpaired) electrons. The number of piperidine rings is 1. The Labute approximate surface area is 250 Å². The van der Waals surface area contributed by atoms with Gasteiger partial charge in [0.05, 0.1) is 11.1 Å². The van der Waals surface area contributed by atoms with Crippen LogP contribution in [0.1, 0.15) is 75.0 Å². The molecule has 1 aromatic carbocycles. The number of anilines is 1. The number of hydrogen-bond donors (Lipinski definition) is 3. The molecule has 4 N–H and O–H groups in total. The number of thioether (sulfide) groups is 1. The van der Waals surface area contributed by atoms with Crippen molar-refractivity contribution in [1.29, 1.82) is 10.5 Å². The standard InChI is InChI=1S/C30H37N7O4S/c1-6-21-22(16-31)26(35-28(23(21)17-32)42-24(25(33)38)19-10-8-7-9-11-19)36-14-12-20(13-15-36)34-27(39)18(2)37(29(40)41)30(3,4)5/h7-11,18,20,24H,6,12-15H2,1-5H3,(H2,33,38)(H,34,39)(H,40,41)/t18?,24-/m0/s1. The normalized spacial score (nSPS) is 15.2. The summed E-state index contributed by atoms with van der Waals surface area (Å²) in [5, 5.41) is 32.3. The van der Waals surface area contributed by atoms with Crippen molar-refractivity contribution in [2.24, 2.45) is 5.73 Å². The summed E-state index contributed by atoms with van der Waals surface area (Å²) in [5.41, 5.74) is 6.81. The molecule has 1 saturated heterocycles. The molecule has 1 aliphatic rings. The molecule has 42 heavy (non-hydrogen) atoms. The van der Waals surface area contributed by atoms with E-state index in [-0.39, 0.29) is 17.5 Å². The van der Waals surface area contributed by atoms with Gasteiger partial charge >= 0.3 is 6.09 Å². The van der Waals surface area contributed by atoms with E-state index in [1.165, 1.54) is 0 Å². The molecule has 12 heteroatoms. The molecule has 2 heterocycles.